The minimum Gasteiger partial charge on any atom is -0.551 e. The summed E-state index contributed by atoms with van der Waals surface area (Å²) in [6.07, 6.45) is 5.40. The molecule has 1 aliphatic rings. The molecule has 246 valence electrons. The van der Waals surface area contributed by atoms with Crippen LogP contribution >= 0.6 is 0 Å². The van der Waals surface area contributed by atoms with Crippen molar-refractivity contribution in [3.63, 3.8) is 0 Å². The quantitative estimate of drug-likeness (QED) is 0.160. The van der Waals surface area contributed by atoms with Gasteiger partial charge in [0.25, 0.3) is 0 Å². The largest absolute Gasteiger partial charge is 4.00 e. The number of aryl methyl sites for hydroxylation is 1. The van der Waals surface area contributed by atoms with Crippen LogP contribution in [0, 0.1) is 26.8 Å². The van der Waals surface area contributed by atoms with Crippen LogP contribution < -0.4 is 14.2 Å². The molecule has 48 heavy (non-hydrogen) atoms. The Labute approximate surface area is 307 Å². The summed E-state index contributed by atoms with van der Waals surface area (Å²) in [5, 5.41) is 5.30. The van der Waals surface area contributed by atoms with Gasteiger partial charge < -0.3 is 28.1 Å². The second kappa shape index (κ2) is 19.3. The molecule has 0 fully saturated rings. The second-order valence-electron chi connectivity index (χ2n) is 11.5. The Balaban J connectivity index is 0.000000210. The van der Waals surface area contributed by atoms with Gasteiger partial charge in [0.1, 0.15) is 5.75 Å². The van der Waals surface area contributed by atoms with Gasteiger partial charge in [-0.15, -0.1) is 34.5 Å². The molecular weight excluding hydrogens is 668 g/mol. The van der Waals surface area contributed by atoms with Gasteiger partial charge in [0, 0.05) is 5.75 Å². The van der Waals surface area contributed by atoms with Crippen molar-refractivity contribution in [1.29, 1.82) is 0 Å². The van der Waals surface area contributed by atoms with E-state index in [4.69, 9.17) is 14.2 Å². The Hall–Kier alpha value is -3.75. The molecule has 0 saturated carbocycles. The smallest absolute Gasteiger partial charge is 0.551 e. The minimum atomic E-state index is 0. The van der Waals surface area contributed by atoms with E-state index >= 15 is 0 Å². The molecule has 0 aliphatic heterocycles. The van der Waals surface area contributed by atoms with Crippen molar-refractivity contribution in [3.8, 4) is 39.5 Å². The van der Waals surface area contributed by atoms with Crippen molar-refractivity contribution >= 4 is 21.5 Å². The fourth-order valence-electron chi connectivity index (χ4n) is 5.60. The topological polar surface area (TPSA) is 27.7 Å². The maximum absolute atomic E-state index is 5.52. The Morgan fingerprint density at radius 3 is 2.15 bits per heavy atom. The number of fused-ring (bicyclic) bond motifs is 5. The van der Waals surface area contributed by atoms with Crippen molar-refractivity contribution in [2.24, 2.45) is 0 Å². The van der Waals surface area contributed by atoms with E-state index in [9.17, 15) is 0 Å². The van der Waals surface area contributed by atoms with Crippen LogP contribution in [0.1, 0.15) is 56.2 Å². The van der Waals surface area contributed by atoms with Gasteiger partial charge in [-0.2, -0.15) is 30.5 Å². The number of benzene rings is 5. The Morgan fingerprint density at radius 2 is 1.48 bits per heavy atom. The van der Waals surface area contributed by atoms with Gasteiger partial charge in [-0.1, -0.05) is 105 Å². The second-order valence-corrected chi connectivity index (χ2v) is 11.5. The third-order valence-corrected chi connectivity index (χ3v) is 8.30. The summed E-state index contributed by atoms with van der Waals surface area (Å²) in [5.74, 6) is 2.36. The first-order valence-electron chi connectivity index (χ1n) is 16.5. The summed E-state index contributed by atoms with van der Waals surface area (Å²) >= 11 is 0. The molecule has 0 radical (unpaired) electrons. The normalized spacial score (nSPS) is 10.6. The average molecular weight is 716 g/mol. The molecule has 0 bridgehead atoms. The molecule has 0 spiro atoms. The van der Waals surface area contributed by atoms with Gasteiger partial charge >= 0.3 is 26.2 Å². The van der Waals surface area contributed by atoms with Crippen molar-refractivity contribution < 1.29 is 40.4 Å². The number of methoxy groups -OCH3 is 3. The Kier molecular flexibility index (Phi) is 15.6. The summed E-state index contributed by atoms with van der Waals surface area (Å²) in [4.78, 5) is 0. The zero-order valence-corrected chi connectivity index (χ0v) is 31.9. The number of unbranched alkanes of at least 4 members (excludes halogenated alkanes) is 2. The molecule has 4 heteroatoms. The fraction of sp³-hybridized carbons (Fsp3) is 0.250. The summed E-state index contributed by atoms with van der Waals surface area (Å²) in [6.45, 7) is 13.6. The maximum Gasteiger partial charge on any atom is 4.00 e. The van der Waals surface area contributed by atoms with Crippen molar-refractivity contribution in [3.05, 3.63) is 134 Å². The molecule has 0 saturated heterocycles. The van der Waals surface area contributed by atoms with Crippen molar-refractivity contribution in [1.82, 2.24) is 0 Å². The van der Waals surface area contributed by atoms with E-state index in [-0.39, 0.29) is 26.2 Å². The first kappa shape index (κ1) is 38.7. The number of ether oxygens (including phenoxy) is 3. The SMILES string of the molecule is COc1ccc2c(c1)Cc1[c-]cc(OC)c(OC)c1-2.Cc1c[cH-]c2ccc(-c3cccc4ccccc34)cc12.[CH2-]CCC.[CH2-]CCC.[Zr+4]. The molecular formula is C44H48O3Zr. The van der Waals surface area contributed by atoms with Crippen LogP contribution in [0.4, 0.5) is 0 Å². The number of hydrogen-bond donors (Lipinski definition) is 0. The molecule has 0 heterocycles. The van der Waals surface area contributed by atoms with Crippen molar-refractivity contribution in [2.75, 3.05) is 21.3 Å². The molecule has 1 aliphatic carbocycles. The van der Waals surface area contributed by atoms with E-state index in [0.717, 1.165) is 41.9 Å². The summed E-state index contributed by atoms with van der Waals surface area (Å²) in [6, 6.07) is 37.5. The summed E-state index contributed by atoms with van der Waals surface area (Å²) in [5.41, 5.74) is 8.58. The fourth-order valence-corrected chi connectivity index (χ4v) is 5.60. The monoisotopic (exact) mass is 714 g/mol. The van der Waals surface area contributed by atoms with Gasteiger partial charge in [-0.05, 0) is 46.0 Å². The van der Waals surface area contributed by atoms with E-state index in [0.29, 0.717) is 5.75 Å². The first-order chi connectivity index (χ1) is 22.9. The third kappa shape index (κ3) is 9.03. The molecule has 0 unspecified atom stereocenters. The summed E-state index contributed by atoms with van der Waals surface area (Å²) in [7, 11) is 4.99. The van der Waals surface area contributed by atoms with E-state index in [2.05, 4.69) is 126 Å². The summed E-state index contributed by atoms with van der Waals surface area (Å²) < 4.78 is 16.1. The maximum atomic E-state index is 5.52. The molecule has 0 N–H and O–H groups in total. The molecule has 0 atom stereocenters. The standard InChI is InChI=1S/C20H15.C16H15O3.2C4H9.Zr/c1-14-9-10-16-11-12-17(13-20(14)16)19-8-4-6-15-5-2-3-7-18(15)19;1-17-12-5-6-13-11(9-12)8-10-4-7-14(18-2)16(19-3)15(10)13;2*1-3-4-2;/h2-13H,1H3;5-7,9H,8H2,1-3H3;2*1,3-4H2,2H3;/q4*-1;+4. The van der Waals surface area contributed by atoms with E-state index in [1.54, 1.807) is 21.3 Å². The Morgan fingerprint density at radius 1 is 0.771 bits per heavy atom. The Bertz CT molecular complexity index is 1870. The molecule has 6 aromatic carbocycles. The van der Waals surface area contributed by atoms with Crippen LogP contribution in [0.15, 0.2) is 97.1 Å². The molecule has 3 nitrogen and oxygen atoms in total. The molecule has 6 aromatic rings. The van der Waals surface area contributed by atoms with Crippen LogP contribution in [-0.2, 0) is 32.6 Å². The van der Waals surface area contributed by atoms with E-state index in [1.165, 1.54) is 62.2 Å². The van der Waals surface area contributed by atoms with Crippen molar-refractivity contribution in [2.45, 2.75) is 52.9 Å². The molecule has 7 rings (SSSR count). The third-order valence-electron chi connectivity index (χ3n) is 8.30. The van der Waals surface area contributed by atoms with E-state index < -0.39 is 0 Å². The number of hydrogen-bond acceptors (Lipinski definition) is 3. The number of rotatable bonds is 6. The minimum absolute atomic E-state index is 0. The predicted octanol–water partition coefficient (Wildman–Crippen LogP) is 12.0. The van der Waals surface area contributed by atoms with Gasteiger partial charge in [0.05, 0.1) is 27.1 Å². The van der Waals surface area contributed by atoms with Crippen LogP contribution in [-0.4, -0.2) is 21.3 Å². The average Bonchev–Trinajstić information content (AvgIpc) is 3.70. The zero-order chi connectivity index (χ0) is 33.8. The zero-order valence-electron chi connectivity index (χ0n) is 29.4. The van der Waals surface area contributed by atoms with Gasteiger partial charge in [-0.3, -0.25) is 0 Å². The van der Waals surface area contributed by atoms with Crippen LogP contribution in [0.5, 0.6) is 17.2 Å². The molecule has 0 amide bonds. The van der Waals surface area contributed by atoms with Gasteiger partial charge in [-0.25, -0.2) is 0 Å². The van der Waals surface area contributed by atoms with Gasteiger partial charge in [0.2, 0.25) is 0 Å². The predicted molar refractivity (Wildman–Crippen MR) is 201 cm³/mol. The molecule has 0 aromatic heterocycles. The van der Waals surface area contributed by atoms with E-state index in [1.807, 2.05) is 12.1 Å². The first-order valence-corrected chi connectivity index (χ1v) is 16.5. The van der Waals surface area contributed by atoms with Crippen LogP contribution in [0.2, 0.25) is 0 Å². The van der Waals surface area contributed by atoms with Gasteiger partial charge in [0.15, 0.2) is 0 Å². The van der Waals surface area contributed by atoms with Crippen LogP contribution in [0.3, 0.4) is 0 Å². The van der Waals surface area contributed by atoms with Crippen LogP contribution in [0.25, 0.3) is 43.8 Å².